The van der Waals surface area contributed by atoms with E-state index in [0.29, 0.717) is 29.6 Å². The maximum Gasteiger partial charge on any atom is 0.295 e. The molecule has 102 valence electrons. The first-order chi connectivity index (χ1) is 8.97. The molecule has 0 aliphatic rings. The summed E-state index contributed by atoms with van der Waals surface area (Å²) >= 11 is 0. The fourth-order valence-corrected chi connectivity index (χ4v) is 1.54. The zero-order chi connectivity index (χ0) is 14.0. The van der Waals surface area contributed by atoms with Crippen molar-refractivity contribution in [2.75, 3.05) is 11.9 Å². The van der Waals surface area contributed by atoms with Crippen LogP contribution in [0.5, 0.6) is 0 Å². The van der Waals surface area contributed by atoms with E-state index in [2.05, 4.69) is 10.3 Å². The van der Waals surface area contributed by atoms with Crippen molar-refractivity contribution < 1.29 is 9.34 Å². The Morgan fingerprint density at radius 1 is 1.53 bits per heavy atom. The van der Waals surface area contributed by atoms with E-state index in [1.54, 1.807) is 6.07 Å². The Bertz CT molecular complexity index is 594. The Morgan fingerprint density at radius 3 is 2.89 bits per heavy atom. The lowest BCUT2D eigenvalue weighted by molar-refractivity contribution is -0.384. The summed E-state index contributed by atoms with van der Waals surface area (Å²) in [6.45, 7) is 4.59. The van der Waals surface area contributed by atoms with Crippen LogP contribution in [0.15, 0.2) is 22.6 Å². The monoisotopic (exact) mass is 264 g/mol. The van der Waals surface area contributed by atoms with Gasteiger partial charge in [0.1, 0.15) is 5.52 Å². The lowest BCUT2D eigenvalue weighted by Gasteiger charge is -2.14. The van der Waals surface area contributed by atoms with Crippen molar-refractivity contribution in [2.45, 2.75) is 19.9 Å². The van der Waals surface area contributed by atoms with Gasteiger partial charge in [0.05, 0.1) is 11.0 Å². The lowest BCUT2D eigenvalue weighted by atomic mass is 10.1. The molecular formula is C12H16N4O3. The van der Waals surface area contributed by atoms with E-state index < -0.39 is 4.92 Å². The molecule has 0 saturated heterocycles. The first-order valence-electron chi connectivity index (χ1n) is 6.02. The third-order valence-electron chi connectivity index (χ3n) is 2.93. The molecule has 2 rings (SSSR count). The van der Waals surface area contributed by atoms with Gasteiger partial charge in [-0.15, -0.1) is 0 Å². The van der Waals surface area contributed by atoms with Crippen LogP contribution in [0, 0.1) is 16.0 Å². The number of fused-ring (bicyclic) bond motifs is 1. The van der Waals surface area contributed by atoms with Crippen LogP contribution in [0.25, 0.3) is 11.1 Å². The van der Waals surface area contributed by atoms with Crippen LogP contribution in [-0.4, -0.2) is 22.5 Å². The molecule has 0 aliphatic carbocycles. The first-order valence-corrected chi connectivity index (χ1v) is 6.02. The largest absolute Gasteiger partial charge is 0.423 e. The highest BCUT2D eigenvalue weighted by molar-refractivity contribution is 5.77. The molecule has 7 heteroatoms. The average Bonchev–Trinajstić information content (AvgIpc) is 2.77. The van der Waals surface area contributed by atoms with E-state index in [4.69, 9.17) is 10.2 Å². The molecule has 1 atom stereocenters. The van der Waals surface area contributed by atoms with E-state index in [0.717, 1.165) is 0 Å². The van der Waals surface area contributed by atoms with Gasteiger partial charge in [-0.25, -0.2) is 0 Å². The van der Waals surface area contributed by atoms with Crippen molar-refractivity contribution in [1.29, 1.82) is 0 Å². The molecule has 0 radical (unpaired) electrons. The van der Waals surface area contributed by atoms with Gasteiger partial charge in [-0.1, -0.05) is 13.8 Å². The van der Waals surface area contributed by atoms with Gasteiger partial charge < -0.3 is 15.5 Å². The van der Waals surface area contributed by atoms with Gasteiger partial charge >= 0.3 is 0 Å². The van der Waals surface area contributed by atoms with Crippen LogP contribution < -0.4 is 11.1 Å². The number of nitrogens with zero attached hydrogens (tertiary/aromatic N) is 2. The highest BCUT2D eigenvalue weighted by Gasteiger charge is 2.13. The number of nitrogens with two attached hydrogens (primary N) is 1. The van der Waals surface area contributed by atoms with E-state index in [-0.39, 0.29) is 11.7 Å². The second-order valence-electron chi connectivity index (χ2n) is 4.72. The number of hydrogen-bond donors (Lipinski definition) is 2. The Kier molecular flexibility index (Phi) is 3.66. The summed E-state index contributed by atoms with van der Waals surface area (Å²) in [5, 5.41) is 13.6. The first kappa shape index (κ1) is 13.3. The van der Waals surface area contributed by atoms with Gasteiger partial charge in [-0.2, -0.15) is 4.98 Å². The van der Waals surface area contributed by atoms with Gasteiger partial charge in [-0.3, -0.25) is 10.1 Å². The highest BCUT2D eigenvalue weighted by atomic mass is 16.6. The van der Waals surface area contributed by atoms with Crippen LogP contribution >= 0.6 is 0 Å². The summed E-state index contributed by atoms with van der Waals surface area (Å²) in [7, 11) is 0. The molecule has 0 bridgehead atoms. The van der Waals surface area contributed by atoms with Gasteiger partial charge in [0.15, 0.2) is 5.58 Å². The minimum Gasteiger partial charge on any atom is -0.423 e. The van der Waals surface area contributed by atoms with Crippen molar-refractivity contribution in [2.24, 2.45) is 11.7 Å². The summed E-state index contributed by atoms with van der Waals surface area (Å²) in [6.07, 6.45) is 0. The number of oxazole rings is 1. The summed E-state index contributed by atoms with van der Waals surface area (Å²) in [5.74, 6) is 0.345. The number of nitro groups is 1. The Labute approximate surface area is 109 Å². The maximum absolute atomic E-state index is 10.7. The number of anilines is 1. The van der Waals surface area contributed by atoms with Crippen molar-refractivity contribution in [3.05, 3.63) is 28.3 Å². The molecular weight excluding hydrogens is 248 g/mol. The molecule has 0 fully saturated rings. The molecule has 1 unspecified atom stereocenters. The predicted octanol–water partition coefficient (Wildman–Crippen LogP) is 2.13. The normalized spacial score (nSPS) is 12.8. The fraction of sp³-hybridized carbons (Fsp3) is 0.417. The molecule has 0 amide bonds. The molecule has 0 aliphatic heterocycles. The fourth-order valence-electron chi connectivity index (χ4n) is 1.54. The summed E-state index contributed by atoms with van der Waals surface area (Å²) in [5.41, 5.74) is 6.84. The van der Waals surface area contributed by atoms with E-state index in [1.807, 2.05) is 13.8 Å². The number of rotatable bonds is 5. The number of aromatic nitrogens is 1. The SMILES string of the molecule is CC(C)C(N)CNc1nc2ccc([N+](=O)[O-])cc2o1. The third kappa shape index (κ3) is 3.00. The van der Waals surface area contributed by atoms with Crippen molar-refractivity contribution in [1.82, 2.24) is 4.98 Å². The Morgan fingerprint density at radius 2 is 2.26 bits per heavy atom. The molecule has 3 N–H and O–H groups in total. The summed E-state index contributed by atoms with van der Waals surface area (Å²) in [6, 6.07) is 4.63. The topological polar surface area (TPSA) is 107 Å². The van der Waals surface area contributed by atoms with E-state index in [9.17, 15) is 10.1 Å². The quantitative estimate of drug-likeness (QED) is 0.632. The lowest BCUT2D eigenvalue weighted by Crippen LogP contribution is -2.34. The number of nitro benzene ring substituents is 1. The molecule has 19 heavy (non-hydrogen) atoms. The third-order valence-corrected chi connectivity index (χ3v) is 2.93. The van der Waals surface area contributed by atoms with Crippen LogP contribution in [0.1, 0.15) is 13.8 Å². The second-order valence-corrected chi connectivity index (χ2v) is 4.72. The minimum absolute atomic E-state index is 0.00986. The smallest absolute Gasteiger partial charge is 0.295 e. The van der Waals surface area contributed by atoms with Crippen molar-refractivity contribution >= 4 is 22.8 Å². The van der Waals surface area contributed by atoms with Gasteiger partial charge in [-0.05, 0) is 12.0 Å². The van der Waals surface area contributed by atoms with Gasteiger partial charge in [0.2, 0.25) is 0 Å². The van der Waals surface area contributed by atoms with Crippen molar-refractivity contribution in [3.8, 4) is 0 Å². The van der Waals surface area contributed by atoms with Crippen LogP contribution in [0.4, 0.5) is 11.7 Å². The molecule has 1 aromatic carbocycles. The maximum atomic E-state index is 10.7. The zero-order valence-electron chi connectivity index (χ0n) is 10.8. The van der Waals surface area contributed by atoms with Crippen LogP contribution in [0.3, 0.4) is 0 Å². The number of nitrogens with one attached hydrogen (secondary N) is 1. The molecule has 0 saturated carbocycles. The van der Waals surface area contributed by atoms with E-state index in [1.165, 1.54) is 12.1 Å². The van der Waals surface area contributed by atoms with E-state index >= 15 is 0 Å². The molecule has 0 spiro atoms. The van der Waals surface area contributed by atoms with Crippen molar-refractivity contribution in [3.63, 3.8) is 0 Å². The highest BCUT2D eigenvalue weighted by Crippen LogP contribution is 2.23. The number of non-ortho nitro benzene ring substituents is 1. The molecule has 1 aromatic heterocycles. The standard InChI is InChI=1S/C12H16N4O3/c1-7(2)9(13)6-14-12-15-10-4-3-8(16(17)18)5-11(10)19-12/h3-5,7,9H,6,13H2,1-2H3,(H,14,15). The number of benzene rings is 1. The van der Waals surface area contributed by atoms with Crippen LogP contribution in [0.2, 0.25) is 0 Å². The molecule has 1 heterocycles. The van der Waals surface area contributed by atoms with Crippen LogP contribution in [-0.2, 0) is 0 Å². The second kappa shape index (κ2) is 5.23. The molecule has 7 nitrogen and oxygen atoms in total. The predicted molar refractivity (Wildman–Crippen MR) is 72.0 cm³/mol. The molecule has 2 aromatic rings. The van der Waals surface area contributed by atoms with Gasteiger partial charge in [0, 0.05) is 18.7 Å². The van der Waals surface area contributed by atoms with Gasteiger partial charge in [0.25, 0.3) is 11.7 Å². The number of hydrogen-bond acceptors (Lipinski definition) is 6. The summed E-state index contributed by atoms with van der Waals surface area (Å²) in [4.78, 5) is 14.4. The summed E-state index contributed by atoms with van der Waals surface area (Å²) < 4.78 is 5.41. The Hall–Kier alpha value is -2.15. The average molecular weight is 264 g/mol. The Balaban J connectivity index is 2.15. The minimum atomic E-state index is -0.469. The zero-order valence-corrected chi connectivity index (χ0v) is 10.8.